The Labute approximate surface area is 157 Å². The third-order valence-electron chi connectivity index (χ3n) is 3.63. The molecule has 0 spiro atoms. The van der Waals surface area contributed by atoms with E-state index in [9.17, 15) is 13.6 Å². The molecule has 2 aromatic heterocycles. The van der Waals surface area contributed by atoms with E-state index in [0.717, 1.165) is 29.9 Å². The zero-order valence-corrected chi connectivity index (χ0v) is 15.8. The number of halogens is 2. The van der Waals surface area contributed by atoms with E-state index in [1.54, 1.807) is 11.3 Å². The zero-order chi connectivity index (χ0) is 18.7. The van der Waals surface area contributed by atoms with Gasteiger partial charge in [0.15, 0.2) is 11.0 Å². The van der Waals surface area contributed by atoms with E-state index in [2.05, 4.69) is 28.5 Å². The fourth-order valence-electron chi connectivity index (χ4n) is 2.28. The van der Waals surface area contributed by atoms with Gasteiger partial charge in [-0.1, -0.05) is 18.7 Å². The van der Waals surface area contributed by atoms with Crippen LogP contribution in [0.1, 0.15) is 11.8 Å². The topological polar surface area (TPSA) is 59.8 Å². The van der Waals surface area contributed by atoms with Crippen LogP contribution in [0.4, 0.5) is 14.5 Å². The van der Waals surface area contributed by atoms with E-state index >= 15 is 0 Å². The second-order valence-electron chi connectivity index (χ2n) is 5.48. The van der Waals surface area contributed by atoms with E-state index in [4.69, 9.17) is 0 Å². The highest BCUT2D eigenvalue weighted by Gasteiger charge is 2.15. The molecule has 2 heterocycles. The molecule has 3 aromatic rings. The first kappa shape index (κ1) is 18.5. The van der Waals surface area contributed by atoms with E-state index in [1.165, 1.54) is 22.7 Å². The number of carbonyl (C=O) groups is 1. The number of hydrogen-bond acceptors (Lipinski definition) is 5. The van der Waals surface area contributed by atoms with Gasteiger partial charge >= 0.3 is 0 Å². The van der Waals surface area contributed by atoms with Gasteiger partial charge in [0.25, 0.3) is 0 Å². The van der Waals surface area contributed by atoms with Gasteiger partial charge in [-0.3, -0.25) is 4.79 Å². The summed E-state index contributed by atoms with van der Waals surface area (Å²) in [6.07, 6.45) is 0.963. The predicted molar refractivity (Wildman–Crippen MR) is 99.4 cm³/mol. The molecule has 0 saturated heterocycles. The maximum Gasteiger partial charge on any atom is 0.234 e. The van der Waals surface area contributed by atoms with Crippen molar-refractivity contribution in [3.63, 3.8) is 0 Å². The minimum atomic E-state index is -0.812. The molecule has 0 radical (unpaired) electrons. The molecule has 1 amide bonds. The maximum absolute atomic E-state index is 13.6. The molecule has 136 valence electrons. The van der Waals surface area contributed by atoms with Crippen molar-refractivity contribution in [2.45, 2.75) is 18.5 Å². The number of thioether (sulfide) groups is 1. The molecule has 5 nitrogen and oxygen atoms in total. The Bertz CT molecular complexity index is 939. The maximum atomic E-state index is 13.6. The summed E-state index contributed by atoms with van der Waals surface area (Å²) in [4.78, 5) is 13.3. The number of carbonyl (C=O) groups excluding carboxylic acids is 1. The summed E-state index contributed by atoms with van der Waals surface area (Å²) in [7, 11) is 1.83. The van der Waals surface area contributed by atoms with Crippen molar-refractivity contribution < 1.29 is 13.6 Å². The fraction of sp³-hybridized carbons (Fsp3) is 0.235. The van der Waals surface area contributed by atoms with Gasteiger partial charge in [-0.25, -0.2) is 8.78 Å². The lowest BCUT2D eigenvalue weighted by atomic mass is 10.2. The summed E-state index contributed by atoms with van der Waals surface area (Å²) in [6.45, 7) is 2.09. The predicted octanol–water partition coefficient (Wildman–Crippen LogP) is 4.12. The molecular formula is C17H16F2N4OS2. The highest BCUT2D eigenvalue weighted by molar-refractivity contribution is 7.99. The quantitative estimate of drug-likeness (QED) is 0.639. The Kier molecular flexibility index (Phi) is 5.67. The molecule has 1 aromatic carbocycles. The standard InChI is InChI=1S/C17H16F2N4OS2/c1-3-12-6-10(8-25-12)16-21-22-17(23(16)2)26-9-15(24)20-14-5-4-11(18)7-13(14)19/h4-8H,3,9H2,1-2H3,(H,20,24). The van der Waals surface area contributed by atoms with Crippen LogP contribution in [0.2, 0.25) is 0 Å². The highest BCUT2D eigenvalue weighted by Crippen LogP contribution is 2.27. The third kappa shape index (κ3) is 4.10. The molecule has 0 bridgehead atoms. The van der Waals surface area contributed by atoms with Gasteiger partial charge in [0, 0.05) is 28.9 Å². The van der Waals surface area contributed by atoms with Crippen LogP contribution < -0.4 is 5.32 Å². The van der Waals surface area contributed by atoms with Crippen molar-refractivity contribution in [2.75, 3.05) is 11.1 Å². The molecule has 0 aliphatic heterocycles. The van der Waals surface area contributed by atoms with Crippen molar-refractivity contribution in [1.82, 2.24) is 14.8 Å². The van der Waals surface area contributed by atoms with Gasteiger partial charge in [-0.15, -0.1) is 21.5 Å². The molecule has 9 heteroatoms. The Morgan fingerprint density at radius 1 is 1.31 bits per heavy atom. The van der Waals surface area contributed by atoms with Gasteiger partial charge in [0.05, 0.1) is 11.4 Å². The van der Waals surface area contributed by atoms with Crippen LogP contribution in [0.3, 0.4) is 0 Å². The summed E-state index contributed by atoms with van der Waals surface area (Å²) in [6, 6.07) is 5.08. The Hall–Kier alpha value is -2.26. The zero-order valence-electron chi connectivity index (χ0n) is 14.1. The Balaban J connectivity index is 1.63. The lowest BCUT2D eigenvalue weighted by Crippen LogP contribution is -2.15. The molecule has 0 saturated carbocycles. The van der Waals surface area contributed by atoms with Gasteiger partial charge in [-0.05, 0) is 24.6 Å². The molecule has 3 rings (SSSR count). The highest BCUT2D eigenvalue weighted by atomic mass is 32.2. The van der Waals surface area contributed by atoms with E-state index in [-0.39, 0.29) is 11.4 Å². The van der Waals surface area contributed by atoms with Gasteiger partial charge in [-0.2, -0.15) is 0 Å². The van der Waals surface area contributed by atoms with Crippen LogP contribution >= 0.6 is 23.1 Å². The van der Waals surface area contributed by atoms with E-state index < -0.39 is 17.5 Å². The average molecular weight is 394 g/mol. The largest absolute Gasteiger partial charge is 0.323 e. The van der Waals surface area contributed by atoms with Gasteiger partial charge in [0.1, 0.15) is 11.6 Å². The van der Waals surface area contributed by atoms with Crippen LogP contribution in [0, 0.1) is 11.6 Å². The normalized spacial score (nSPS) is 10.9. The number of amides is 1. The first-order valence-electron chi connectivity index (χ1n) is 7.82. The number of thiophene rings is 1. The second kappa shape index (κ2) is 7.96. The Morgan fingerprint density at radius 2 is 2.12 bits per heavy atom. The number of benzene rings is 1. The lowest BCUT2D eigenvalue weighted by molar-refractivity contribution is -0.113. The average Bonchev–Trinajstić information content (AvgIpc) is 3.22. The molecule has 0 fully saturated rings. The SMILES string of the molecule is CCc1cc(-c2nnc(SCC(=O)Nc3ccc(F)cc3F)n2C)cs1. The summed E-state index contributed by atoms with van der Waals surface area (Å²) < 4.78 is 28.3. The lowest BCUT2D eigenvalue weighted by Gasteiger charge is -2.06. The van der Waals surface area contributed by atoms with E-state index in [1.807, 2.05) is 17.0 Å². The van der Waals surface area contributed by atoms with Crippen molar-refractivity contribution in [2.24, 2.45) is 7.05 Å². The van der Waals surface area contributed by atoms with Crippen LogP contribution in [0.15, 0.2) is 34.8 Å². The first-order chi connectivity index (χ1) is 12.5. The minimum absolute atomic E-state index is 0.0344. The third-order valence-corrected chi connectivity index (χ3v) is 5.73. The van der Waals surface area contributed by atoms with Crippen molar-refractivity contribution in [3.05, 3.63) is 46.2 Å². The van der Waals surface area contributed by atoms with Crippen LogP contribution in [0.5, 0.6) is 0 Å². The number of nitrogens with one attached hydrogen (secondary N) is 1. The number of hydrogen-bond donors (Lipinski definition) is 1. The Morgan fingerprint density at radius 3 is 2.81 bits per heavy atom. The summed E-state index contributed by atoms with van der Waals surface area (Å²) in [5.74, 6) is -1.15. The first-order valence-corrected chi connectivity index (χ1v) is 9.69. The second-order valence-corrected chi connectivity index (χ2v) is 7.42. The monoisotopic (exact) mass is 394 g/mol. The smallest absolute Gasteiger partial charge is 0.234 e. The van der Waals surface area contributed by atoms with Gasteiger partial charge in [0.2, 0.25) is 5.91 Å². The number of anilines is 1. The van der Waals surface area contributed by atoms with Crippen molar-refractivity contribution >= 4 is 34.7 Å². The summed E-state index contributed by atoms with van der Waals surface area (Å²) in [5.41, 5.74) is 0.938. The van der Waals surface area contributed by atoms with E-state index in [0.29, 0.717) is 5.16 Å². The fourth-order valence-corrected chi connectivity index (χ4v) is 3.81. The summed E-state index contributed by atoms with van der Waals surface area (Å²) in [5, 5.41) is 13.3. The van der Waals surface area contributed by atoms with Crippen molar-refractivity contribution in [1.29, 1.82) is 0 Å². The molecule has 26 heavy (non-hydrogen) atoms. The molecule has 0 atom stereocenters. The van der Waals surface area contributed by atoms with Crippen molar-refractivity contribution in [3.8, 4) is 11.4 Å². The number of nitrogens with zero attached hydrogens (tertiary/aromatic N) is 3. The molecule has 0 aliphatic rings. The molecule has 1 N–H and O–H groups in total. The molecule has 0 unspecified atom stereocenters. The molecular weight excluding hydrogens is 378 g/mol. The van der Waals surface area contributed by atoms with Crippen LogP contribution in [-0.4, -0.2) is 26.4 Å². The van der Waals surface area contributed by atoms with Crippen LogP contribution in [0.25, 0.3) is 11.4 Å². The number of aromatic nitrogens is 3. The minimum Gasteiger partial charge on any atom is -0.323 e. The molecule has 0 aliphatic carbocycles. The van der Waals surface area contributed by atoms with Crippen LogP contribution in [-0.2, 0) is 18.3 Å². The summed E-state index contributed by atoms with van der Waals surface area (Å²) >= 11 is 2.87. The number of rotatable bonds is 6. The van der Waals surface area contributed by atoms with Gasteiger partial charge < -0.3 is 9.88 Å². The number of aryl methyl sites for hydroxylation is 1.